The van der Waals surface area contributed by atoms with Crippen molar-refractivity contribution in [3.05, 3.63) is 59.7 Å². The van der Waals surface area contributed by atoms with Gasteiger partial charge in [-0.15, -0.1) is 0 Å². The summed E-state index contributed by atoms with van der Waals surface area (Å²) in [6.07, 6.45) is -0.706. The molecule has 1 N–H and O–H groups in total. The molecule has 3 rings (SSSR count). The first-order valence-corrected chi connectivity index (χ1v) is 8.91. The van der Waals surface area contributed by atoms with Crippen molar-refractivity contribution in [2.45, 2.75) is 39.7 Å². The average Bonchev–Trinajstić information content (AvgIpc) is 3.10. The molecule has 0 spiro atoms. The van der Waals surface area contributed by atoms with Crippen LogP contribution in [0.25, 0.3) is 11.5 Å². The van der Waals surface area contributed by atoms with Gasteiger partial charge in [0, 0.05) is 5.56 Å². The number of benzene rings is 2. The Labute approximate surface area is 158 Å². The summed E-state index contributed by atoms with van der Waals surface area (Å²) < 4.78 is 11.1. The van der Waals surface area contributed by atoms with Crippen molar-refractivity contribution in [2.75, 3.05) is 5.32 Å². The van der Waals surface area contributed by atoms with Crippen molar-refractivity contribution in [3.63, 3.8) is 0 Å². The van der Waals surface area contributed by atoms with Crippen molar-refractivity contribution in [1.82, 2.24) is 10.1 Å². The fraction of sp³-hybridized carbons (Fsp3) is 0.286. The van der Waals surface area contributed by atoms with Crippen LogP contribution in [0, 0.1) is 6.92 Å². The van der Waals surface area contributed by atoms with Crippen molar-refractivity contribution < 1.29 is 14.1 Å². The van der Waals surface area contributed by atoms with Gasteiger partial charge in [0.05, 0.1) is 0 Å². The van der Waals surface area contributed by atoms with Crippen LogP contribution in [0.5, 0.6) is 5.75 Å². The summed E-state index contributed by atoms with van der Waals surface area (Å²) in [6.45, 7) is 7.87. The van der Waals surface area contributed by atoms with Gasteiger partial charge >= 0.3 is 0 Å². The minimum absolute atomic E-state index is 0.114. The molecule has 6 nitrogen and oxygen atoms in total. The minimum Gasteiger partial charge on any atom is -0.481 e. The third kappa shape index (κ3) is 4.53. The maximum atomic E-state index is 12.5. The summed E-state index contributed by atoms with van der Waals surface area (Å²) in [6, 6.07) is 15.4. The van der Waals surface area contributed by atoms with E-state index in [-0.39, 0.29) is 11.9 Å². The Hall–Kier alpha value is -3.15. The molecule has 0 saturated carbocycles. The Bertz CT molecular complexity index is 919. The molecule has 0 unspecified atom stereocenters. The van der Waals surface area contributed by atoms with Crippen LogP contribution in [-0.2, 0) is 4.79 Å². The van der Waals surface area contributed by atoms with Crippen molar-refractivity contribution >= 4 is 11.9 Å². The standard InChI is InChI=1S/C21H23N3O3/c1-13(2)17-11-10-14(3)12-18(17)26-15(4)19(25)22-21-23-20(27-24-21)16-8-6-5-7-9-16/h5-13,15H,1-4H3,(H,22,24,25)/t15-/m0/s1. The summed E-state index contributed by atoms with van der Waals surface area (Å²) in [7, 11) is 0. The van der Waals surface area contributed by atoms with E-state index in [1.54, 1.807) is 6.92 Å². The SMILES string of the molecule is Cc1ccc(C(C)C)c(O[C@@H](C)C(=O)Nc2noc(-c3ccccc3)n2)c1. The Kier molecular flexibility index (Phi) is 5.54. The first kappa shape index (κ1) is 18.6. The van der Waals surface area contributed by atoms with E-state index < -0.39 is 6.10 Å². The van der Waals surface area contributed by atoms with Crippen LogP contribution < -0.4 is 10.1 Å². The smallest absolute Gasteiger partial charge is 0.270 e. The number of carbonyl (C=O) groups is 1. The summed E-state index contributed by atoms with van der Waals surface area (Å²) in [4.78, 5) is 16.7. The highest BCUT2D eigenvalue weighted by Crippen LogP contribution is 2.28. The number of aryl methyl sites for hydroxylation is 1. The first-order chi connectivity index (χ1) is 12.9. The van der Waals surface area contributed by atoms with Gasteiger partial charge in [-0.05, 0) is 54.2 Å². The largest absolute Gasteiger partial charge is 0.481 e. The highest BCUT2D eigenvalue weighted by Gasteiger charge is 2.20. The minimum atomic E-state index is -0.706. The summed E-state index contributed by atoms with van der Waals surface area (Å²) >= 11 is 0. The molecule has 140 valence electrons. The zero-order valence-electron chi connectivity index (χ0n) is 15.9. The number of aromatic nitrogens is 2. The molecule has 1 amide bonds. The number of anilines is 1. The van der Waals surface area contributed by atoms with Gasteiger partial charge in [0.1, 0.15) is 5.75 Å². The molecule has 0 bridgehead atoms. The number of ether oxygens (including phenoxy) is 1. The van der Waals surface area contributed by atoms with Crippen LogP contribution in [0.4, 0.5) is 5.95 Å². The number of amides is 1. The fourth-order valence-corrected chi connectivity index (χ4v) is 2.65. The molecule has 2 aromatic carbocycles. The Morgan fingerprint density at radius 2 is 1.85 bits per heavy atom. The average molecular weight is 365 g/mol. The van der Waals surface area contributed by atoms with Crippen LogP contribution in [0.3, 0.4) is 0 Å². The summed E-state index contributed by atoms with van der Waals surface area (Å²) in [5.74, 6) is 1.13. The van der Waals surface area contributed by atoms with E-state index in [0.29, 0.717) is 17.6 Å². The highest BCUT2D eigenvalue weighted by atomic mass is 16.5. The van der Waals surface area contributed by atoms with Gasteiger partial charge in [0.25, 0.3) is 17.7 Å². The number of rotatable bonds is 6. The van der Waals surface area contributed by atoms with Gasteiger partial charge in [-0.2, -0.15) is 4.98 Å². The van der Waals surface area contributed by atoms with E-state index in [4.69, 9.17) is 9.26 Å². The molecule has 3 aromatic rings. The van der Waals surface area contributed by atoms with E-state index in [9.17, 15) is 4.79 Å². The lowest BCUT2D eigenvalue weighted by atomic mass is 10.0. The normalized spacial score (nSPS) is 12.0. The van der Waals surface area contributed by atoms with Crippen LogP contribution in [-0.4, -0.2) is 22.2 Å². The molecule has 0 aliphatic rings. The van der Waals surface area contributed by atoms with E-state index in [0.717, 1.165) is 16.7 Å². The number of hydrogen-bond acceptors (Lipinski definition) is 5. The summed E-state index contributed by atoms with van der Waals surface area (Å²) in [5.41, 5.74) is 2.93. The van der Waals surface area contributed by atoms with Gasteiger partial charge in [0.15, 0.2) is 6.10 Å². The molecular formula is C21H23N3O3. The zero-order valence-corrected chi connectivity index (χ0v) is 15.9. The second-order valence-electron chi connectivity index (χ2n) is 6.73. The number of nitrogens with one attached hydrogen (secondary N) is 1. The van der Waals surface area contributed by atoms with Gasteiger partial charge in [-0.25, -0.2) is 0 Å². The molecule has 0 radical (unpaired) electrons. The van der Waals surface area contributed by atoms with Crippen LogP contribution in [0.2, 0.25) is 0 Å². The van der Waals surface area contributed by atoms with E-state index >= 15 is 0 Å². The monoisotopic (exact) mass is 365 g/mol. The number of nitrogens with zero attached hydrogens (tertiary/aromatic N) is 2. The molecule has 1 atom stereocenters. The van der Waals surface area contributed by atoms with Crippen molar-refractivity contribution in [2.24, 2.45) is 0 Å². The Balaban J connectivity index is 1.69. The molecule has 0 aliphatic heterocycles. The molecule has 6 heteroatoms. The molecule has 1 heterocycles. The van der Waals surface area contributed by atoms with Gasteiger partial charge < -0.3 is 9.26 Å². The van der Waals surface area contributed by atoms with E-state index in [1.807, 2.05) is 55.5 Å². The predicted octanol–water partition coefficient (Wildman–Crippen LogP) is 4.57. The number of hydrogen-bond donors (Lipinski definition) is 1. The molecule has 0 fully saturated rings. The lowest BCUT2D eigenvalue weighted by Crippen LogP contribution is -2.30. The number of carbonyl (C=O) groups excluding carboxylic acids is 1. The second kappa shape index (κ2) is 8.03. The molecule has 0 saturated heterocycles. The van der Waals surface area contributed by atoms with Gasteiger partial charge in [-0.3, -0.25) is 10.1 Å². The van der Waals surface area contributed by atoms with Gasteiger partial charge in [0.2, 0.25) is 0 Å². The zero-order chi connectivity index (χ0) is 19.4. The van der Waals surface area contributed by atoms with Crippen molar-refractivity contribution in [3.8, 4) is 17.2 Å². The van der Waals surface area contributed by atoms with E-state index in [1.165, 1.54) is 0 Å². The Morgan fingerprint density at radius 3 is 2.56 bits per heavy atom. The third-order valence-electron chi connectivity index (χ3n) is 4.15. The van der Waals surface area contributed by atoms with Gasteiger partial charge in [-0.1, -0.05) is 44.2 Å². The third-order valence-corrected chi connectivity index (χ3v) is 4.15. The quantitative estimate of drug-likeness (QED) is 0.692. The van der Waals surface area contributed by atoms with Crippen molar-refractivity contribution in [1.29, 1.82) is 0 Å². The van der Waals surface area contributed by atoms with E-state index in [2.05, 4.69) is 29.3 Å². The molecule has 1 aromatic heterocycles. The molecular weight excluding hydrogens is 342 g/mol. The summed E-state index contributed by atoms with van der Waals surface area (Å²) in [5, 5.41) is 6.44. The highest BCUT2D eigenvalue weighted by molar-refractivity contribution is 5.92. The second-order valence-corrected chi connectivity index (χ2v) is 6.73. The van der Waals surface area contributed by atoms with Crippen LogP contribution >= 0.6 is 0 Å². The van der Waals surface area contributed by atoms with Crippen LogP contribution in [0.1, 0.15) is 37.8 Å². The molecule has 0 aliphatic carbocycles. The first-order valence-electron chi connectivity index (χ1n) is 8.91. The lowest BCUT2D eigenvalue weighted by Gasteiger charge is -2.18. The lowest BCUT2D eigenvalue weighted by molar-refractivity contribution is -0.122. The topological polar surface area (TPSA) is 77.2 Å². The maximum Gasteiger partial charge on any atom is 0.270 e. The van der Waals surface area contributed by atoms with Crippen LogP contribution in [0.15, 0.2) is 53.1 Å². The Morgan fingerprint density at radius 1 is 1.11 bits per heavy atom. The maximum absolute atomic E-state index is 12.5. The fourth-order valence-electron chi connectivity index (χ4n) is 2.65. The molecule has 27 heavy (non-hydrogen) atoms. The predicted molar refractivity (Wildman–Crippen MR) is 104 cm³/mol.